The van der Waals surface area contributed by atoms with Gasteiger partial charge in [0.05, 0.1) is 6.61 Å². The third-order valence-corrected chi connectivity index (χ3v) is 1.45. The lowest BCUT2D eigenvalue weighted by Gasteiger charge is -1.94. The summed E-state index contributed by atoms with van der Waals surface area (Å²) in [6.45, 7) is 2.70. The molecule has 0 aliphatic heterocycles. The van der Waals surface area contributed by atoms with Crippen LogP contribution < -0.4 is 4.74 Å². The summed E-state index contributed by atoms with van der Waals surface area (Å²) >= 11 is 0. The van der Waals surface area contributed by atoms with Gasteiger partial charge in [-0.15, -0.1) is 0 Å². The van der Waals surface area contributed by atoms with E-state index in [9.17, 15) is 0 Å². The summed E-state index contributed by atoms with van der Waals surface area (Å²) in [4.78, 5) is 6.67. The van der Waals surface area contributed by atoms with Gasteiger partial charge in [0.2, 0.25) is 0 Å². The van der Waals surface area contributed by atoms with Gasteiger partial charge in [-0.25, -0.2) is 0 Å². The van der Waals surface area contributed by atoms with E-state index in [0.29, 0.717) is 0 Å². The Labute approximate surface area is 83.8 Å². The minimum absolute atomic E-state index is 0.734. The first-order valence-electron chi connectivity index (χ1n) is 4.54. The van der Waals surface area contributed by atoms with Crippen LogP contribution in [0, 0.1) is 0 Å². The SMILES string of the molecule is CCOc1cc[nH]c1.c1ccncc1. The molecule has 3 heteroatoms. The van der Waals surface area contributed by atoms with Crippen molar-refractivity contribution in [2.24, 2.45) is 0 Å². The maximum Gasteiger partial charge on any atom is 0.136 e. The van der Waals surface area contributed by atoms with Crippen LogP contribution in [0.2, 0.25) is 0 Å². The Hall–Kier alpha value is -1.77. The Kier molecular flexibility index (Phi) is 4.95. The molecule has 14 heavy (non-hydrogen) atoms. The lowest BCUT2D eigenvalue weighted by Crippen LogP contribution is -1.87. The highest BCUT2D eigenvalue weighted by molar-refractivity contribution is 5.15. The monoisotopic (exact) mass is 190 g/mol. The second-order valence-corrected chi connectivity index (χ2v) is 2.50. The van der Waals surface area contributed by atoms with Crippen LogP contribution in [0.15, 0.2) is 49.1 Å². The van der Waals surface area contributed by atoms with Crippen LogP contribution in [0.3, 0.4) is 0 Å². The first-order chi connectivity index (χ1) is 6.93. The van der Waals surface area contributed by atoms with Crippen molar-refractivity contribution in [2.45, 2.75) is 6.92 Å². The number of aromatic nitrogens is 2. The zero-order valence-electron chi connectivity index (χ0n) is 8.18. The molecule has 0 bridgehead atoms. The number of nitrogens with zero attached hydrogens (tertiary/aromatic N) is 1. The van der Waals surface area contributed by atoms with Crippen molar-refractivity contribution in [3.63, 3.8) is 0 Å². The predicted octanol–water partition coefficient (Wildman–Crippen LogP) is 2.50. The van der Waals surface area contributed by atoms with Gasteiger partial charge in [0.15, 0.2) is 0 Å². The molecule has 74 valence electrons. The summed E-state index contributed by atoms with van der Waals surface area (Å²) in [5, 5.41) is 0. The molecule has 2 aromatic heterocycles. The van der Waals surface area contributed by atoms with E-state index in [0.717, 1.165) is 12.4 Å². The Morgan fingerprint density at radius 3 is 2.43 bits per heavy atom. The van der Waals surface area contributed by atoms with Gasteiger partial charge in [-0.3, -0.25) is 4.98 Å². The molecule has 0 aliphatic carbocycles. The van der Waals surface area contributed by atoms with Crippen LogP contribution in [0.5, 0.6) is 5.75 Å². The third kappa shape index (κ3) is 4.30. The molecule has 0 amide bonds. The zero-order valence-corrected chi connectivity index (χ0v) is 8.18. The molecule has 2 aromatic rings. The maximum absolute atomic E-state index is 5.11. The van der Waals surface area contributed by atoms with Gasteiger partial charge >= 0.3 is 0 Å². The predicted molar refractivity (Wildman–Crippen MR) is 56.2 cm³/mol. The van der Waals surface area contributed by atoms with Crippen LogP contribution >= 0.6 is 0 Å². The summed E-state index contributed by atoms with van der Waals surface area (Å²) in [6.07, 6.45) is 7.16. The lowest BCUT2D eigenvalue weighted by atomic mass is 10.5. The fourth-order valence-electron chi connectivity index (χ4n) is 0.878. The van der Waals surface area contributed by atoms with E-state index in [4.69, 9.17) is 4.74 Å². The number of ether oxygens (including phenoxy) is 1. The Morgan fingerprint density at radius 2 is 2.07 bits per heavy atom. The van der Waals surface area contributed by atoms with Gasteiger partial charge in [0, 0.05) is 24.8 Å². The van der Waals surface area contributed by atoms with Crippen molar-refractivity contribution in [1.82, 2.24) is 9.97 Å². The minimum atomic E-state index is 0.734. The zero-order chi connectivity index (χ0) is 10.1. The molecule has 2 rings (SSSR count). The number of hydrogen-bond donors (Lipinski definition) is 1. The first kappa shape index (κ1) is 10.3. The van der Waals surface area contributed by atoms with Gasteiger partial charge in [0.25, 0.3) is 0 Å². The highest BCUT2D eigenvalue weighted by atomic mass is 16.5. The molecular formula is C11H14N2O. The topological polar surface area (TPSA) is 37.9 Å². The molecule has 0 radical (unpaired) electrons. The van der Waals surface area contributed by atoms with E-state index in [2.05, 4.69) is 9.97 Å². The highest BCUT2D eigenvalue weighted by Gasteiger charge is 1.85. The van der Waals surface area contributed by atoms with Gasteiger partial charge in [-0.05, 0) is 25.1 Å². The van der Waals surface area contributed by atoms with E-state index in [1.54, 1.807) is 12.4 Å². The Balaban J connectivity index is 0.000000146. The van der Waals surface area contributed by atoms with Crippen molar-refractivity contribution in [3.8, 4) is 5.75 Å². The molecule has 0 spiro atoms. The molecular weight excluding hydrogens is 176 g/mol. The molecule has 0 aromatic carbocycles. The molecule has 0 unspecified atom stereocenters. The van der Waals surface area contributed by atoms with E-state index in [1.165, 1.54) is 0 Å². The number of H-pyrrole nitrogens is 1. The Morgan fingerprint density at radius 1 is 1.29 bits per heavy atom. The summed E-state index contributed by atoms with van der Waals surface area (Å²) in [7, 11) is 0. The summed E-state index contributed by atoms with van der Waals surface area (Å²) in [6, 6.07) is 7.61. The second kappa shape index (κ2) is 6.71. The van der Waals surface area contributed by atoms with Gasteiger partial charge < -0.3 is 9.72 Å². The molecule has 0 saturated heterocycles. The minimum Gasteiger partial charge on any atom is -0.492 e. The summed E-state index contributed by atoms with van der Waals surface area (Å²) < 4.78 is 5.11. The van der Waals surface area contributed by atoms with Crippen LogP contribution in [0.4, 0.5) is 0 Å². The van der Waals surface area contributed by atoms with Crippen LogP contribution in [-0.2, 0) is 0 Å². The first-order valence-corrected chi connectivity index (χ1v) is 4.54. The van der Waals surface area contributed by atoms with Gasteiger partial charge in [0.1, 0.15) is 5.75 Å². The Bertz CT molecular complexity index is 278. The van der Waals surface area contributed by atoms with E-state index < -0.39 is 0 Å². The van der Waals surface area contributed by atoms with E-state index in [-0.39, 0.29) is 0 Å². The van der Waals surface area contributed by atoms with E-state index in [1.807, 2.05) is 43.6 Å². The van der Waals surface area contributed by atoms with Crippen molar-refractivity contribution >= 4 is 0 Å². The van der Waals surface area contributed by atoms with Gasteiger partial charge in [-0.2, -0.15) is 0 Å². The fourth-order valence-corrected chi connectivity index (χ4v) is 0.878. The molecule has 0 atom stereocenters. The van der Waals surface area contributed by atoms with Crippen LogP contribution in [-0.4, -0.2) is 16.6 Å². The largest absolute Gasteiger partial charge is 0.492 e. The molecule has 0 fully saturated rings. The number of hydrogen-bond acceptors (Lipinski definition) is 2. The van der Waals surface area contributed by atoms with E-state index >= 15 is 0 Å². The number of nitrogens with one attached hydrogen (secondary N) is 1. The molecule has 3 nitrogen and oxygen atoms in total. The normalized spacial score (nSPS) is 8.64. The third-order valence-electron chi connectivity index (χ3n) is 1.45. The van der Waals surface area contributed by atoms with Crippen molar-refractivity contribution in [2.75, 3.05) is 6.61 Å². The summed E-state index contributed by atoms with van der Waals surface area (Å²) in [5.74, 6) is 0.910. The summed E-state index contributed by atoms with van der Waals surface area (Å²) in [5.41, 5.74) is 0. The molecule has 0 saturated carbocycles. The second-order valence-electron chi connectivity index (χ2n) is 2.50. The average Bonchev–Trinajstić information content (AvgIpc) is 2.75. The molecule has 1 N–H and O–H groups in total. The highest BCUT2D eigenvalue weighted by Crippen LogP contribution is 2.05. The fraction of sp³-hybridized carbons (Fsp3) is 0.182. The van der Waals surface area contributed by atoms with Crippen molar-refractivity contribution < 1.29 is 4.74 Å². The number of rotatable bonds is 2. The molecule has 0 aliphatic rings. The quantitative estimate of drug-likeness (QED) is 0.790. The number of pyridine rings is 1. The number of aromatic amines is 1. The standard InChI is InChI=1S/C6H9NO.C5H5N/c1-2-8-6-3-4-7-5-6;1-2-4-6-5-3-1/h3-5,7H,2H2,1H3;1-5H. The smallest absolute Gasteiger partial charge is 0.136 e. The lowest BCUT2D eigenvalue weighted by molar-refractivity contribution is 0.341. The van der Waals surface area contributed by atoms with Crippen molar-refractivity contribution in [1.29, 1.82) is 0 Å². The van der Waals surface area contributed by atoms with Crippen molar-refractivity contribution in [3.05, 3.63) is 49.1 Å². The van der Waals surface area contributed by atoms with Crippen LogP contribution in [0.1, 0.15) is 6.92 Å². The molecule has 2 heterocycles. The van der Waals surface area contributed by atoms with Crippen LogP contribution in [0.25, 0.3) is 0 Å². The maximum atomic E-state index is 5.11. The average molecular weight is 190 g/mol. The van der Waals surface area contributed by atoms with Gasteiger partial charge in [-0.1, -0.05) is 6.07 Å².